The van der Waals surface area contributed by atoms with Gasteiger partial charge in [0.15, 0.2) is 5.82 Å². The summed E-state index contributed by atoms with van der Waals surface area (Å²) in [6.07, 6.45) is 1.68. The first-order valence-corrected chi connectivity index (χ1v) is 5.79. The van der Waals surface area contributed by atoms with Crippen molar-refractivity contribution >= 4 is 0 Å². The average Bonchev–Trinajstić information content (AvgIpc) is 2.81. The van der Waals surface area contributed by atoms with Gasteiger partial charge in [-0.15, -0.1) is 0 Å². The quantitative estimate of drug-likeness (QED) is 0.847. The van der Waals surface area contributed by atoms with Gasteiger partial charge in [-0.2, -0.15) is 5.10 Å². The molecule has 2 aromatic rings. The molecule has 0 aliphatic heterocycles. The minimum atomic E-state index is -0.732. The lowest BCUT2D eigenvalue weighted by Gasteiger charge is -2.10. The fraction of sp³-hybridized carbons (Fsp3) is 0.385. The number of aromatic nitrogens is 3. The van der Waals surface area contributed by atoms with Crippen LogP contribution in [0.1, 0.15) is 36.9 Å². The summed E-state index contributed by atoms with van der Waals surface area (Å²) >= 11 is 0. The van der Waals surface area contributed by atoms with E-state index in [1.807, 2.05) is 18.2 Å². The number of nitrogens with one attached hydrogen (secondary N) is 1. The molecule has 17 heavy (non-hydrogen) atoms. The monoisotopic (exact) mass is 231 g/mol. The maximum absolute atomic E-state index is 10.1. The standard InChI is InChI=1S/C13H17N3O/c1-9(2)6-10-4-3-5-11(7-10)12(17)13-14-8-15-16-13/h3-5,7-9,12,17H,6H2,1-2H3,(H,14,15,16). The number of benzene rings is 1. The molecule has 0 aliphatic carbocycles. The first-order chi connectivity index (χ1) is 8.16. The third-order valence-corrected chi connectivity index (χ3v) is 2.60. The minimum absolute atomic E-state index is 0.478. The average molecular weight is 231 g/mol. The van der Waals surface area contributed by atoms with Gasteiger partial charge < -0.3 is 5.11 Å². The molecule has 1 aromatic heterocycles. The second-order valence-electron chi connectivity index (χ2n) is 4.62. The van der Waals surface area contributed by atoms with Crippen molar-refractivity contribution in [2.24, 2.45) is 5.92 Å². The summed E-state index contributed by atoms with van der Waals surface area (Å²) in [7, 11) is 0. The summed E-state index contributed by atoms with van der Waals surface area (Å²) < 4.78 is 0. The van der Waals surface area contributed by atoms with Crippen LogP contribution in [0.4, 0.5) is 0 Å². The van der Waals surface area contributed by atoms with E-state index in [0.717, 1.165) is 12.0 Å². The van der Waals surface area contributed by atoms with Crippen molar-refractivity contribution in [1.82, 2.24) is 15.2 Å². The second kappa shape index (κ2) is 5.10. The van der Waals surface area contributed by atoms with Gasteiger partial charge >= 0.3 is 0 Å². The predicted octanol–water partition coefficient (Wildman–Crippen LogP) is 2.08. The number of aromatic amines is 1. The number of hydrogen-bond acceptors (Lipinski definition) is 3. The van der Waals surface area contributed by atoms with Crippen LogP contribution in [-0.4, -0.2) is 20.3 Å². The van der Waals surface area contributed by atoms with Gasteiger partial charge in [-0.05, 0) is 23.5 Å². The van der Waals surface area contributed by atoms with Gasteiger partial charge in [0, 0.05) is 0 Å². The number of H-pyrrole nitrogens is 1. The van der Waals surface area contributed by atoms with Crippen LogP contribution in [0.2, 0.25) is 0 Å². The molecule has 4 nitrogen and oxygen atoms in total. The molecular weight excluding hydrogens is 214 g/mol. The summed E-state index contributed by atoms with van der Waals surface area (Å²) in [5, 5.41) is 16.5. The number of hydrogen-bond donors (Lipinski definition) is 2. The maximum atomic E-state index is 10.1. The van der Waals surface area contributed by atoms with Crippen LogP contribution in [-0.2, 0) is 6.42 Å². The number of aliphatic hydroxyl groups is 1. The SMILES string of the molecule is CC(C)Cc1cccc(C(O)c2ncn[nH]2)c1. The summed E-state index contributed by atoms with van der Waals surface area (Å²) in [4.78, 5) is 3.97. The smallest absolute Gasteiger partial charge is 0.157 e. The molecule has 2 N–H and O–H groups in total. The Labute approximate surface area is 101 Å². The molecule has 0 amide bonds. The van der Waals surface area contributed by atoms with E-state index in [2.05, 4.69) is 35.1 Å². The van der Waals surface area contributed by atoms with Crippen molar-refractivity contribution in [3.63, 3.8) is 0 Å². The molecule has 1 aromatic carbocycles. The fourth-order valence-corrected chi connectivity index (χ4v) is 1.87. The fourth-order valence-electron chi connectivity index (χ4n) is 1.87. The lowest BCUT2D eigenvalue weighted by molar-refractivity contribution is 0.210. The summed E-state index contributed by atoms with van der Waals surface area (Å²) in [6.45, 7) is 4.36. The van der Waals surface area contributed by atoms with Crippen molar-refractivity contribution in [1.29, 1.82) is 0 Å². The first kappa shape index (κ1) is 11.8. The molecule has 0 saturated carbocycles. The van der Waals surface area contributed by atoms with Gasteiger partial charge in [0.25, 0.3) is 0 Å². The van der Waals surface area contributed by atoms with Gasteiger partial charge in [0.1, 0.15) is 12.4 Å². The van der Waals surface area contributed by atoms with Crippen LogP contribution in [0.3, 0.4) is 0 Å². The molecule has 0 aliphatic rings. The van der Waals surface area contributed by atoms with Gasteiger partial charge in [-0.25, -0.2) is 4.98 Å². The lowest BCUT2D eigenvalue weighted by atomic mass is 9.99. The van der Waals surface area contributed by atoms with Crippen molar-refractivity contribution in [3.05, 3.63) is 47.5 Å². The Morgan fingerprint density at radius 2 is 2.18 bits per heavy atom. The molecule has 0 spiro atoms. The van der Waals surface area contributed by atoms with E-state index in [1.54, 1.807) is 0 Å². The Bertz CT molecular complexity index is 465. The Hall–Kier alpha value is -1.68. The van der Waals surface area contributed by atoms with Crippen LogP contribution >= 0.6 is 0 Å². The Balaban J connectivity index is 2.21. The molecule has 0 radical (unpaired) electrons. The van der Waals surface area contributed by atoms with Gasteiger partial charge in [0.05, 0.1) is 0 Å². The highest BCUT2D eigenvalue weighted by molar-refractivity contribution is 5.28. The van der Waals surface area contributed by atoms with Gasteiger partial charge in [-0.1, -0.05) is 38.1 Å². The van der Waals surface area contributed by atoms with Crippen LogP contribution in [0, 0.1) is 5.92 Å². The van der Waals surface area contributed by atoms with E-state index in [-0.39, 0.29) is 0 Å². The number of rotatable bonds is 4. The number of aliphatic hydroxyl groups excluding tert-OH is 1. The van der Waals surface area contributed by atoms with E-state index < -0.39 is 6.10 Å². The molecule has 0 bridgehead atoms. The van der Waals surface area contributed by atoms with Crippen LogP contribution in [0.25, 0.3) is 0 Å². The highest BCUT2D eigenvalue weighted by Crippen LogP contribution is 2.20. The van der Waals surface area contributed by atoms with E-state index in [4.69, 9.17) is 0 Å². The van der Waals surface area contributed by atoms with Crippen molar-refractivity contribution in [2.45, 2.75) is 26.4 Å². The molecular formula is C13H17N3O. The maximum Gasteiger partial charge on any atom is 0.157 e. The van der Waals surface area contributed by atoms with E-state index in [1.165, 1.54) is 11.9 Å². The lowest BCUT2D eigenvalue weighted by Crippen LogP contribution is -2.03. The van der Waals surface area contributed by atoms with E-state index in [9.17, 15) is 5.11 Å². The topological polar surface area (TPSA) is 61.8 Å². The first-order valence-electron chi connectivity index (χ1n) is 5.79. The van der Waals surface area contributed by atoms with Crippen molar-refractivity contribution in [2.75, 3.05) is 0 Å². The molecule has 0 saturated heterocycles. The third-order valence-electron chi connectivity index (χ3n) is 2.60. The molecule has 0 fully saturated rings. The highest BCUT2D eigenvalue weighted by Gasteiger charge is 2.13. The Morgan fingerprint density at radius 1 is 1.35 bits per heavy atom. The normalized spacial score (nSPS) is 12.9. The van der Waals surface area contributed by atoms with E-state index in [0.29, 0.717) is 11.7 Å². The zero-order chi connectivity index (χ0) is 12.3. The molecule has 4 heteroatoms. The van der Waals surface area contributed by atoms with Crippen LogP contribution < -0.4 is 0 Å². The summed E-state index contributed by atoms with van der Waals surface area (Å²) in [6, 6.07) is 7.97. The highest BCUT2D eigenvalue weighted by atomic mass is 16.3. The Morgan fingerprint density at radius 3 is 2.82 bits per heavy atom. The van der Waals surface area contributed by atoms with Crippen LogP contribution in [0.5, 0.6) is 0 Å². The van der Waals surface area contributed by atoms with E-state index >= 15 is 0 Å². The van der Waals surface area contributed by atoms with Gasteiger partial charge in [0.2, 0.25) is 0 Å². The molecule has 1 heterocycles. The van der Waals surface area contributed by atoms with Crippen molar-refractivity contribution < 1.29 is 5.11 Å². The summed E-state index contributed by atoms with van der Waals surface area (Å²) in [5.41, 5.74) is 2.08. The third kappa shape index (κ3) is 2.91. The molecule has 2 rings (SSSR count). The predicted molar refractivity (Wildman–Crippen MR) is 65.4 cm³/mol. The van der Waals surface area contributed by atoms with Crippen LogP contribution in [0.15, 0.2) is 30.6 Å². The van der Waals surface area contributed by atoms with Crippen molar-refractivity contribution in [3.8, 4) is 0 Å². The zero-order valence-electron chi connectivity index (χ0n) is 10.1. The van der Waals surface area contributed by atoms with Gasteiger partial charge in [-0.3, -0.25) is 5.10 Å². The second-order valence-corrected chi connectivity index (χ2v) is 4.62. The molecule has 1 atom stereocenters. The minimum Gasteiger partial charge on any atom is -0.380 e. The molecule has 90 valence electrons. The Kier molecular flexibility index (Phi) is 3.54. The molecule has 1 unspecified atom stereocenters. The largest absolute Gasteiger partial charge is 0.380 e. The zero-order valence-corrected chi connectivity index (χ0v) is 10.1. The summed E-state index contributed by atoms with van der Waals surface area (Å²) in [5.74, 6) is 1.08. The number of nitrogens with zero attached hydrogens (tertiary/aromatic N) is 2.